The predicted molar refractivity (Wildman–Crippen MR) is 84.8 cm³/mol. The summed E-state index contributed by atoms with van der Waals surface area (Å²) in [6.45, 7) is 12.0. The van der Waals surface area contributed by atoms with E-state index < -0.39 is 17.3 Å². The average molecular weight is 296 g/mol. The summed E-state index contributed by atoms with van der Waals surface area (Å²) < 4.78 is 5.14. The summed E-state index contributed by atoms with van der Waals surface area (Å²) in [7, 11) is 0. The molecule has 0 saturated carbocycles. The maximum Gasteiger partial charge on any atom is 0.303 e. The Morgan fingerprint density at radius 1 is 1.33 bits per heavy atom. The summed E-state index contributed by atoms with van der Waals surface area (Å²) in [6.07, 6.45) is 6.95. The molecule has 2 N–H and O–H groups in total. The van der Waals surface area contributed by atoms with Crippen LogP contribution in [0, 0.1) is 0 Å². The second-order valence-electron chi connectivity index (χ2n) is 6.15. The van der Waals surface area contributed by atoms with Crippen LogP contribution in [0.5, 0.6) is 0 Å². The van der Waals surface area contributed by atoms with Crippen molar-refractivity contribution in [2.75, 3.05) is 0 Å². The van der Waals surface area contributed by atoms with Crippen molar-refractivity contribution in [1.82, 2.24) is 0 Å². The highest BCUT2D eigenvalue weighted by molar-refractivity contribution is 5.66. The zero-order valence-electron chi connectivity index (χ0n) is 13.7. The number of hydrogen-bond acceptors (Lipinski definition) is 4. The Hall–Kier alpha value is -1.39. The van der Waals surface area contributed by atoms with Crippen molar-refractivity contribution < 1.29 is 19.7 Å². The number of aliphatic hydroxyl groups is 2. The summed E-state index contributed by atoms with van der Waals surface area (Å²) in [6, 6.07) is 0. The van der Waals surface area contributed by atoms with Crippen LogP contribution in [-0.4, -0.2) is 33.5 Å². The third-order valence-electron chi connectivity index (χ3n) is 2.90. The van der Waals surface area contributed by atoms with Crippen molar-refractivity contribution in [2.24, 2.45) is 0 Å². The Labute approximate surface area is 127 Å². The molecule has 0 unspecified atom stereocenters. The van der Waals surface area contributed by atoms with Crippen LogP contribution in [-0.2, 0) is 9.53 Å². The molecular formula is C17H28O4. The smallest absolute Gasteiger partial charge is 0.303 e. The highest BCUT2D eigenvalue weighted by atomic mass is 16.6. The van der Waals surface area contributed by atoms with Crippen molar-refractivity contribution in [2.45, 2.75) is 64.8 Å². The topological polar surface area (TPSA) is 66.8 Å². The van der Waals surface area contributed by atoms with Gasteiger partial charge in [-0.05, 0) is 40.2 Å². The van der Waals surface area contributed by atoms with Crippen LogP contribution >= 0.6 is 0 Å². The quantitative estimate of drug-likeness (QED) is 0.534. The molecule has 0 aliphatic rings. The molecule has 4 heteroatoms. The summed E-state index contributed by atoms with van der Waals surface area (Å²) in [4.78, 5) is 10.9. The summed E-state index contributed by atoms with van der Waals surface area (Å²) in [5, 5.41) is 19.7. The molecule has 0 saturated heterocycles. The van der Waals surface area contributed by atoms with Gasteiger partial charge in [-0.3, -0.25) is 4.79 Å². The van der Waals surface area contributed by atoms with Gasteiger partial charge in [0.15, 0.2) is 0 Å². The fraction of sp³-hybridized carbons (Fsp3) is 0.588. The average Bonchev–Trinajstić information content (AvgIpc) is 2.25. The lowest BCUT2D eigenvalue weighted by atomic mass is 9.97. The van der Waals surface area contributed by atoms with Crippen molar-refractivity contribution in [3.8, 4) is 0 Å². The fourth-order valence-electron chi connectivity index (χ4n) is 1.90. The number of aliphatic hydroxyl groups excluding tert-OH is 1. The lowest BCUT2D eigenvalue weighted by Gasteiger charge is -2.21. The van der Waals surface area contributed by atoms with E-state index >= 15 is 0 Å². The molecule has 120 valence electrons. The number of ether oxygens (including phenoxy) is 1. The summed E-state index contributed by atoms with van der Waals surface area (Å²) in [5.74, 6) is -0.320. The van der Waals surface area contributed by atoms with Crippen molar-refractivity contribution in [3.63, 3.8) is 0 Å². The number of carbonyl (C=O) groups excluding carboxylic acids is 1. The number of allylic oxidation sites excluding steroid dienone is 2. The van der Waals surface area contributed by atoms with Gasteiger partial charge in [0.2, 0.25) is 0 Å². The Bertz CT molecular complexity index is 417. The molecular weight excluding hydrogens is 268 g/mol. The minimum Gasteiger partial charge on any atom is -0.456 e. The van der Waals surface area contributed by atoms with E-state index in [-0.39, 0.29) is 12.4 Å². The lowest BCUT2D eigenvalue weighted by Crippen LogP contribution is -2.26. The SMILES string of the molecule is C=C[C@](C)(O)C[C@H](O)/C=C(\C)C/C=C/C(C)(C)OC(C)=O. The third kappa shape index (κ3) is 10.0. The zero-order valence-corrected chi connectivity index (χ0v) is 13.7. The normalized spacial score (nSPS) is 17.4. The fourth-order valence-corrected chi connectivity index (χ4v) is 1.90. The molecule has 0 aliphatic carbocycles. The molecule has 0 aliphatic heterocycles. The summed E-state index contributed by atoms with van der Waals surface area (Å²) >= 11 is 0. The first-order valence-corrected chi connectivity index (χ1v) is 7.06. The van der Waals surface area contributed by atoms with Crippen LogP contribution in [0.25, 0.3) is 0 Å². The van der Waals surface area contributed by atoms with Crippen LogP contribution in [0.1, 0.15) is 47.5 Å². The number of esters is 1. The van der Waals surface area contributed by atoms with Crippen LogP contribution in [0.4, 0.5) is 0 Å². The van der Waals surface area contributed by atoms with E-state index in [0.29, 0.717) is 6.42 Å². The molecule has 0 bridgehead atoms. The van der Waals surface area contributed by atoms with Gasteiger partial charge in [-0.1, -0.05) is 23.8 Å². The molecule has 21 heavy (non-hydrogen) atoms. The van der Waals surface area contributed by atoms with Gasteiger partial charge in [0, 0.05) is 13.3 Å². The number of hydrogen-bond donors (Lipinski definition) is 2. The zero-order chi connectivity index (χ0) is 16.7. The van der Waals surface area contributed by atoms with E-state index in [1.54, 1.807) is 26.8 Å². The largest absolute Gasteiger partial charge is 0.456 e. The van der Waals surface area contributed by atoms with Gasteiger partial charge in [0.1, 0.15) is 5.60 Å². The second kappa shape index (κ2) is 8.15. The van der Waals surface area contributed by atoms with Gasteiger partial charge >= 0.3 is 5.97 Å². The van der Waals surface area contributed by atoms with Gasteiger partial charge in [0.05, 0.1) is 11.7 Å². The van der Waals surface area contributed by atoms with Crippen molar-refractivity contribution in [1.29, 1.82) is 0 Å². The van der Waals surface area contributed by atoms with E-state index in [1.807, 2.05) is 19.1 Å². The van der Waals surface area contributed by atoms with Crippen molar-refractivity contribution in [3.05, 3.63) is 36.5 Å². The molecule has 0 spiro atoms. The molecule has 0 aromatic rings. The molecule has 0 aromatic carbocycles. The third-order valence-corrected chi connectivity index (χ3v) is 2.90. The molecule has 4 nitrogen and oxygen atoms in total. The Balaban J connectivity index is 4.48. The Morgan fingerprint density at radius 2 is 1.90 bits per heavy atom. The van der Waals surface area contributed by atoms with Gasteiger partial charge < -0.3 is 14.9 Å². The number of carbonyl (C=O) groups is 1. The minimum absolute atomic E-state index is 0.205. The van der Waals surface area contributed by atoms with E-state index in [0.717, 1.165) is 5.57 Å². The second-order valence-corrected chi connectivity index (χ2v) is 6.15. The van der Waals surface area contributed by atoms with Gasteiger partial charge in [-0.15, -0.1) is 6.58 Å². The minimum atomic E-state index is -1.08. The van der Waals surface area contributed by atoms with Crippen molar-refractivity contribution >= 4 is 5.97 Å². The van der Waals surface area contributed by atoms with E-state index in [9.17, 15) is 15.0 Å². The van der Waals surface area contributed by atoms with E-state index in [4.69, 9.17) is 4.74 Å². The molecule has 2 atom stereocenters. The molecule has 0 heterocycles. The van der Waals surface area contributed by atoms with Crippen LogP contribution in [0.15, 0.2) is 36.5 Å². The highest BCUT2D eigenvalue weighted by Crippen LogP contribution is 2.17. The van der Waals surface area contributed by atoms with Crippen LogP contribution < -0.4 is 0 Å². The van der Waals surface area contributed by atoms with Gasteiger partial charge in [0.25, 0.3) is 0 Å². The number of rotatable bonds is 8. The summed E-state index contributed by atoms with van der Waals surface area (Å²) in [5.41, 5.74) is -0.752. The highest BCUT2D eigenvalue weighted by Gasteiger charge is 2.19. The molecule has 0 fully saturated rings. The molecule has 0 rings (SSSR count). The monoisotopic (exact) mass is 296 g/mol. The molecule has 0 aromatic heterocycles. The first kappa shape index (κ1) is 19.6. The van der Waals surface area contributed by atoms with Gasteiger partial charge in [-0.25, -0.2) is 0 Å². The molecule has 0 radical (unpaired) electrons. The maximum atomic E-state index is 10.9. The first-order valence-electron chi connectivity index (χ1n) is 7.06. The van der Waals surface area contributed by atoms with Gasteiger partial charge in [-0.2, -0.15) is 0 Å². The van der Waals surface area contributed by atoms with Crippen LogP contribution in [0.2, 0.25) is 0 Å². The maximum absolute atomic E-state index is 10.9. The van der Waals surface area contributed by atoms with E-state index in [1.165, 1.54) is 13.0 Å². The van der Waals surface area contributed by atoms with Crippen LogP contribution in [0.3, 0.4) is 0 Å². The Kier molecular flexibility index (Phi) is 7.61. The standard InChI is InChI=1S/C17H28O4/c1-7-17(6,20)12-15(19)11-13(2)9-8-10-16(4,5)21-14(3)18/h7-8,10-11,15,19-20H,1,9,12H2,2-6H3/b10-8+,13-11+/t15-,17+/m1/s1. The molecule has 0 amide bonds. The van der Waals surface area contributed by atoms with E-state index in [2.05, 4.69) is 6.58 Å². The lowest BCUT2D eigenvalue weighted by molar-refractivity contribution is -0.149. The Morgan fingerprint density at radius 3 is 2.38 bits per heavy atom. The first-order chi connectivity index (χ1) is 9.47. The predicted octanol–water partition coefficient (Wildman–Crippen LogP) is 2.91.